The molecule has 0 aliphatic carbocycles. The molecule has 1 saturated heterocycles. The zero-order valence-corrected chi connectivity index (χ0v) is 12.8. The first-order valence-corrected chi connectivity index (χ1v) is 8.14. The Balaban J connectivity index is 1.72. The topological polar surface area (TPSA) is 45.4 Å². The van der Waals surface area contributed by atoms with Crippen LogP contribution in [0, 0.1) is 0 Å². The molecule has 108 valence electrons. The predicted octanol–water partition coefficient (Wildman–Crippen LogP) is 2.16. The summed E-state index contributed by atoms with van der Waals surface area (Å²) in [4.78, 5) is 5.00. The lowest BCUT2D eigenvalue weighted by molar-refractivity contribution is 0.185. The monoisotopic (exact) mass is 290 g/mol. The second-order valence-corrected chi connectivity index (χ2v) is 6.08. The average Bonchev–Trinajstić information content (AvgIpc) is 2.93. The van der Waals surface area contributed by atoms with Crippen LogP contribution in [0.15, 0.2) is 24.3 Å². The van der Waals surface area contributed by atoms with E-state index in [4.69, 9.17) is 5.73 Å². The fraction of sp³-hybridized carbons (Fsp3) is 0.533. The Morgan fingerprint density at radius 3 is 2.70 bits per heavy atom. The van der Waals surface area contributed by atoms with Gasteiger partial charge in [0.1, 0.15) is 5.00 Å². The Bertz CT molecular complexity index is 556. The lowest BCUT2D eigenvalue weighted by Crippen LogP contribution is -2.52. The van der Waals surface area contributed by atoms with E-state index in [9.17, 15) is 0 Å². The standard InChI is InChI=1S/C15H22N4S/c1-2-12(11-16)18-7-9-19(10-8-18)15-13-5-3-4-6-14(13)17-20-15/h3-6,12H,2,7-11,16H2,1H3. The van der Waals surface area contributed by atoms with Crippen molar-refractivity contribution in [1.82, 2.24) is 9.27 Å². The van der Waals surface area contributed by atoms with Crippen LogP contribution in [0.25, 0.3) is 10.9 Å². The molecule has 5 heteroatoms. The summed E-state index contributed by atoms with van der Waals surface area (Å²) in [6.45, 7) is 7.33. The van der Waals surface area contributed by atoms with Crippen LogP contribution in [-0.2, 0) is 0 Å². The van der Waals surface area contributed by atoms with Gasteiger partial charge in [-0.1, -0.05) is 19.1 Å². The third-order valence-electron chi connectivity index (χ3n) is 4.23. The van der Waals surface area contributed by atoms with E-state index >= 15 is 0 Å². The molecule has 1 aliphatic heterocycles. The Kier molecular flexibility index (Phi) is 4.19. The summed E-state index contributed by atoms with van der Waals surface area (Å²) in [5.41, 5.74) is 6.97. The van der Waals surface area contributed by atoms with Gasteiger partial charge < -0.3 is 10.6 Å². The van der Waals surface area contributed by atoms with Crippen molar-refractivity contribution < 1.29 is 0 Å². The van der Waals surface area contributed by atoms with Gasteiger partial charge in [-0.2, -0.15) is 4.37 Å². The molecule has 1 aromatic carbocycles. The molecule has 1 atom stereocenters. The van der Waals surface area contributed by atoms with Gasteiger partial charge in [0.15, 0.2) is 0 Å². The number of nitrogens with two attached hydrogens (primary N) is 1. The van der Waals surface area contributed by atoms with E-state index in [-0.39, 0.29) is 0 Å². The first-order chi connectivity index (χ1) is 9.83. The summed E-state index contributed by atoms with van der Waals surface area (Å²) in [5.74, 6) is 0. The van der Waals surface area contributed by atoms with Crippen molar-refractivity contribution in [3.63, 3.8) is 0 Å². The maximum Gasteiger partial charge on any atom is 0.120 e. The first-order valence-electron chi connectivity index (χ1n) is 7.37. The lowest BCUT2D eigenvalue weighted by Gasteiger charge is -2.39. The van der Waals surface area contributed by atoms with Crippen LogP contribution in [0.5, 0.6) is 0 Å². The highest BCUT2D eigenvalue weighted by molar-refractivity contribution is 7.11. The molecular weight excluding hydrogens is 268 g/mol. The van der Waals surface area contributed by atoms with E-state index in [0.717, 1.165) is 44.7 Å². The summed E-state index contributed by atoms with van der Waals surface area (Å²) in [6.07, 6.45) is 1.14. The predicted molar refractivity (Wildman–Crippen MR) is 86.5 cm³/mol. The van der Waals surface area contributed by atoms with Gasteiger partial charge >= 0.3 is 0 Å². The van der Waals surface area contributed by atoms with Crippen LogP contribution in [0.2, 0.25) is 0 Å². The molecule has 2 N–H and O–H groups in total. The molecule has 0 radical (unpaired) electrons. The molecule has 0 saturated carbocycles. The highest BCUT2D eigenvalue weighted by atomic mass is 32.1. The quantitative estimate of drug-likeness (QED) is 0.937. The van der Waals surface area contributed by atoms with Crippen LogP contribution < -0.4 is 10.6 Å². The summed E-state index contributed by atoms with van der Waals surface area (Å²) < 4.78 is 4.55. The van der Waals surface area contributed by atoms with Gasteiger partial charge in [-0.25, -0.2) is 0 Å². The van der Waals surface area contributed by atoms with Crippen molar-refractivity contribution in [2.45, 2.75) is 19.4 Å². The number of benzene rings is 1. The minimum atomic E-state index is 0.537. The molecule has 1 unspecified atom stereocenters. The minimum absolute atomic E-state index is 0.537. The van der Waals surface area contributed by atoms with Crippen molar-refractivity contribution in [2.24, 2.45) is 5.73 Å². The van der Waals surface area contributed by atoms with Gasteiger partial charge in [0.05, 0.1) is 5.52 Å². The van der Waals surface area contributed by atoms with Crippen LogP contribution in [-0.4, -0.2) is 48.0 Å². The van der Waals surface area contributed by atoms with Crippen molar-refractivity contribution in [1.29, 1.82) is 0 Å². The molecule has 4 nitrogen and oxygen atoms in total. The Hall–Kier alpha value is -1.17. The molecule has 1 fully saturated rings. The highest BCUT2D eigenvalue weighted by Gasteiger charge is 2.23. The number of nitrogens with zero attached hydrogens (tertiary/aromatic N) is 3. The first kappa shape index (κ1) is 13.8. The van der Waals surface area contributed by atoms with Crippen LogP contribution >= 0.6 is 11.5 Å². The Morgan fingerprint density at radius 2 is 2.00 bits per heavy atom. The smallest absolute Gasteiger partial charge is 0.120 e. The summed E-state index contributed by atoms with van der Waals surface area (Å²) >= 11 is 1.62. The zero-order chi connectivity index (χ0) is 13.9. The molecule has 20 heavy (non-hydrogen) atoms. The average molecular weight is 290 g/mol. The fourth-order valence-corrected chi connectivity index (χ4v) is 3.88. The Labute approximate surface area is 124 Å². The van der Waals surface area contributed by atoms with E-state index < -0.39 is 0 Å². The van der Waals surface area contributed by atoms with Gasteiger partial charge in [-0.15, -0.1) is 0 Å². The number of anilines is 1. The van der Waals surface area contributed by atoms with E-state index in [1.54, 1.807) is 11.5 Å². The van der Waals surface area contributed by atoms with E-state index in [2.05, 4.69) is 45.4 Å². The van der Waals surface area contributed by atoms with E-state index in [0.29, 0.717) is 6.04 Å². The molecule has 0 spiro atoms. The molecule has 2 heterocycles. The zero-order valence-electron chi connectivity index (χ0n) is 12.0. The van der Waals surface area contributed by atoms with Gasteiger partial charge in [0.25, 0.3) is 0 Å². The second-order valence-electron chi connectivity index (χ2n) is 5.33. The third kappa shape index (κ3) is 2.53. The molecule has 0 bridgehead atoms. The fourth-order valence-electron chi connectivity index (χ4n) is 2.97. The van der Waals surface area contributed by atoms with Crippen LogP contribution in [0.4, 0.5) is 5.00 Å². The number of piperazine rings is 1. The largest absolute Gasteiger partial charge is 0.359 e. The molecule has 3 rings (SSSR count). The van der Waals surface area contributed by atoms with Gasteiger partial charge in [-0.05, 0) is 30.1 Å². The molecule has 2 aromatic rings. The van der Waals surface area contributed by atoms with Gasteiger partial charge in [0.2, 0.25) is 0 Å². The lowest BCUT2D eigenvalue weighted by atomic mass is 10.1. The molecule has 1 aliphatic rings. The maximum atomic E-state index is 5.85. The summed E-state index contributed by atoms with van der Waals surface area (Å²) in [5, 5.41) is 2.61. The number of rotatable bonds is 4. The number of hydrogen-bond acceptors (Lipinski definition) is 5. The van der Waals surface area contributed by atoms with Gasteiger partial charge in [-0.3, -0.25) is 4.90 Å². The third-order valence-corrected chi connectivity index (χ3v) is 5.17. The van der Waals surface area contributed by atoms with Crippen molar-refractivity contribution >= 4 is 27.4 Å². The minimum Gasteiger partial charge on any atom is -0.359 e. The second kappa shape index (κ2) is 6.08. The number of aromatic nitrogens is 1. The van der Waals surface area contributed by atoms with Crippen molar-refractivity contribution in [3.8, 4) is 0 Å². The number of hydrogen-bond donors (Lipinski definition) is 1. The van der Waals surface area contributed by atoms with E-state index in [1.807, 2.05) is 0 Å². The highest BCUT2D eigenvalue weighted by Crippen LogP contribution is 2.31. The van der Waals surface area contributed by atoms with E-state index in [1.165, 1.54) is 10.4 Å². The molecular formula is C15H22N4S. The Morgan fingerprint density at radius 1 is 1.25 bits per heavy atom. The SMILES string of the molecule is CCC(CN)N1CCN(c2snc3ccccc23)CC1. The van der Waals surface area contributed by atoms with Crippen LogP contribution in [0.3, 0.4) is 0 Å². The van der Waals surface area contributed by atoms with Crippen molar-refractivity contribution in [2.75, 3.05) is 37.6 Å². The normalized spacial score (nSPS) is 18.6. The molecule has 0 amide bonds. The summed E-state index contributed by atoms with van der Waals surface area (Å²) in [7, 11) is 0. The summed E-state index contributed by atoms with van der Waals surface area (Å²) in [6, 6.07) is 8.95. The number of fused-ring (bicyclic) bond motifs is 1. The maximum absolute atomic E-state index is 5.85. The van der Waals surface area contributed by atoms with Gasteiger partial charge in [0, 0.05) is 44.2 Å². The van der Waals surface area contributed by atoms with Crippen LogP contribution in [0.1, 0.15) is 13.3 Å². The van der Waals surface area contributed by atoms with Crippen molar-refractivity contribution in [3.05, 3.63) is 24.3 Å². The molecule has 1 aromatic heterocycles.